The Morgan fingerprint density at radius 3 is 2.95 bits per heavy atom. The lowest BCUT2D eigenvalue weighted by Crippen LogP contribution is -2.41. The number of carbonyl (C=O) groups is 1. The van der Waals surface area contributed by atoms with Crippen LogP contribution in [0.25, 0.3) is 10.9 Å². The summed E-state index contributed by atoms with van der Waals surface area (Å²) in [5, 5.41) is 3.88. The fraction of sp³-hybridized carbons (Fsp3) is 0.188. The van der Waals surface area contributed by atoms with Crippen LogP contribution in [0.1, 0.15) is 11.3 Å². The molecule has 4 N–H and O–H groups in total. The molecule has 0 saturated carbocycles. The van der Waals surface area contributed by atoms with E-state index in [1.54, 1.807) is 12.3 Å². The standard InChI is InChI=1S/C16H17N3O2/c17-14(16(20)19-10-12-4-3-7-21-12)8-11-9-18-15-6-2-1-5-13(11)15/h1-7,9,14,18H,8,10,17H2,(H,19,20)/t14-/m0/s1. The van der Waals surface area contributed by atoms with E-state index in [2.05, 4.69) is 10.3 Å². The van der Waals surface area contributed by atoms with Crippen molar-refractivity contribution in [2.75, 3.05) is 0 Å². The van der Waals surface area contributed by atoms with Gasteiger partial charge in [0.2, 0.25) is 5.91 Å². The average molecular weight is 283 g/mol. The maximum absolute atomic E-state index is 12.0. The number of furan rings is 1. The smallest absolute Gasteiger partial charge is 0.237 e. The summed E-state index contributed by atoms with van der Waals surface area (Å²) in [4.78, 5) is 15.2. The van der Waals surface area contributed by atoms with Crippen LogP contribution in [0.4, 0.5) is 0 Å². The zero-order valence-corrected chi connectivity index (χ0v) is 11.5. The molecule has 0 unspecified atom stereocenters. The van der Waals surface area contributed by atoms with Gasteiger partial charge in [-0.2, -0.15) is 0 Å². The number of benzene rings is 1. The van der Waals surface area contributed by atoms with Crippen molar-refractivity contribution in [1.29, 1.82) is 0 Å². The highest BCUT2D eigenvalue weighted by Crippen LogP contribution is 2.18. The van der Waals surface area contributed by atoms with Crippen LogP contribution in [-0.4, -0.2) is 16.9 Å². The van der Waals surface area contributed by atoms with Gasteiger partial charge < -0.3 is 20.5 Å². The molecule has 3 rings (SSSR count). The van der Waals surface area contributed by atoms with Crippen LogP contribution in [0.3, 0.4) is 0 Å². The lowest BCUT2D eigenvalue weighted by molar-refractivity contribution is -0.122. The first-order valence-electron chi connectivity index (χ1n) is 6.84. The highest BCUT2D eigenvalue weighted by Gasteiger charge is 2.16. The molecule has 2 aromatic heterocycles. The van der Waals surface area contributed by atoms with Crippen LogP contribution >= 0.6 is 0 Å². The Morgan fingerprint density at radius 2 is 2.14 bits per heavy atom. The van der Waals surface area contributed by atoms with Gasteiger partial charge in [-0.3, -0.25) is 4.79 Å². The number of aromatic nitrogens is 1. The van der Waals surface area contributed by atoms with E-state index in [0.29, 0.717) is 18.7 Å². The fourth-order valence-corrected chi connectivity index (χ4v) is 2.35. The molecule has 1 aromatic carbocycles. The van der Waals surface area contributed by atoms with E-state index in [1.165, 1.54) is 0 Å². The monoisotopic (exact) mass is 283 g/mol. The largest absolute Gasteiger partial charge is 0.467 e. The third-order valence-electron chi connectivity index (χ3n) is 3.47. The second-order valence-corrected chi connectivity index (χ2v) is 4.97. The van der Waals surface area contributed by atoms with Crippen molar-refractivity contribution in [1.82, 2.24) is 10.3 Å². The topological polar surface area (TPSA) is 84.0 Å². The number of aromatic amines is 1. The van der Waals surface area contributed by atoms with Crippen LogP contribution in [0.2, 0.25) is 0 Å². The van der Waals surface area contributed by atoms with Crippen molar-refractivity contribution in [2.24, 2.45) is 5.73 Å². The summed E-state index contributed by atoms with van der Waals surface area (Å²) in [6.45, 7) is 0.355. The molecule has 108 valence electrons. The number of rotatable bonds is 5. The van der Waals surface area contributed by atoms with Gasteiger partial charge in [0.1, 0.15) is 5.76 Å². The molecule has 0 bridgehead atoms. The van der Waals surface area contributed by atoms with Gasteiger partial charge in [-0.1, -0.05) is 18.2 Å². The van der Waals surface area contributed by atoms with Gasteiger partial charge >= 0.3 is 0 Å². The Labute approximate surface area is 122 Å². The summed E-state index contributed by atoms with van der Waals surface area (Å²) in [6.07, 6.45) is 3.98. The van der Waals surface area contributed by atoms with Crippen molar-refractivity contribution in [3.8, 4) is 0 Å². The number of nitrogens with two attached hydrogens (primary N) is 1. The first-order chi connectivity index (χ1) is 10.2. The van der Waals surface area contributed by atoms with Crippen molar-refractivity contribution in [3.63, 3.8) is 0 Å². The van der Waals surface area contributed by atoms with E-state index in [0.717, 1.165) is 16.5 Å². The minimum atomic E-state index is -0.584. The summed E-state index contributed by atoms with van der Waals surface area (Å²) < 4.78 is 5.17. The van der Waals surface area contributed by atoms with E-state index < -0.39 is 6.04 Å². The van der Waals surface area contributed by atoms with Crippen molar-refractivity contribution in [3.05, 3.63) is 60.2 Å². The Hall–Kier alpha value is -2.53. The van der Waals surface area contributed by atoms with Crippen molar-refractivity contribution < 1.29 is 9.21 Å². The summed E-state index contributed by atoms with van der Waals surface area (Å²) in [5.41, 5.74) is 8.08. The number of amides is 1. The highest BCUT2D eigenvalue weighted by atomic mass is 16.3. The SMILES string of the molecule is N[C@@H](Cc1c[nH]c2ccccc12)C(=O)NCc1ccco1. The predicted molar refractivity (Wildman–Crippen MR) is 80.5 cm³/mol. The number of H-pyrrole nitrogens is 1. The molecule has 3 aromatic rings. The summed E-state index contributed by atoms with van der Waals surface area (Å²) in [6, 6.07) is 11.0. The Bertz CT molecular complexity index is 731. The lowest BCUT2D eigenvalue weighted by Gasteiger charge is -2.11. The molecule has 5 heteroatoms. The molecule has 1 atom stereocenters. The van der Waals surface area contributed by atoms with E-state index in [-0.39, 0.29) is 5.91 Å². The molecule has 2 heterocycles. The van der Waals surface area contributed by atoms with Gasteiger partial charge in [0, 0.05) is 17.1 Å². The average Bonchev–Trinajstić information content (AvgIpc) is 3.15. The highest BCUT2D eigenvalue weighted by molar-refractivity contribution is 5.86. The number of nitrogens with one attached hydrogen (secondary N) is 2. The molecule has 0 radical (unpaired) electrons. The van der Waals surface area contributed by atoms with Gasteiger partial charge in [0.15, 0.2) is 0 Å². The summed E-state index contributed by atoms with van der Waals surface area (Å²) in [5.74, 6) is 0.527. The zero-order valence-electron chi connectivity index (χ0n) is 11.5. The number of hydrogen-bond donors (Lipinski definition) is 3. The number of para-hydroxylation sites is 1. The molecule has 1 amide bonds. The van der Waals surface area contributed by atoms with Crippen LogP contribution in [0.15, 0.2) is 53.3 Å². The minimum absolute atomic E-state index is 0.184. The predicted octanol–water partition coefficient (Wildman–Crippen LogP) is 1.95. The van der Waals surface area contributed by atoms with Crippen molar-refractivity contribution in [2.45, 2.75) is 19.0 Å². The Kier molecular flexibility index (Phi) is 3.75. The van der Waals surface area contributed by atoms with Crippen LogP contribution in [0, 0.1) is 0 Å². The molecule has 0 fully saturated rings. The van der Waals surface area contributed by atoms with Crippen LogP contribution < -0.4 is 11.1 Å². The molecule has 5 nitrogen and oxygen atoms in total. The molecule has 0 aliphatic rings. The molecule has 0 aliphatic heterocycles. The van der Waals surface area contributed by atoms with Gasteiger partial charge in [-0.05, 0) is 30.2 Å². The maximum Gasteiger partial charge on any atom is 0.237 e. The number of fused-ring (bicyclic) bond motifs is 1. The van der Waals surface area contributed by atoms with E-state index in [4.69, 9.17) is 10.2 Å². The Balaban J connectivity index is 1.62. The van der Waals surface area contributed by atoms with Gasteiger partial charge in [-0.15, -0.1) is 0 Å². The van der Waals surface area contributed by atoms with Crippen molar-refractivity contribution >= 4 is 16.8 Å². The number of hydrogen-bond acceptors (Lipinski definition) is 3. The van der Waals surface area contributed by atoms with Crippen LogP contribution in [-0.2, 0) is 17.8 Å². The maximum atomic E-state index is 12.0. The van der Waals surface area contributed by atoms with E-state index in [1.807, 2.05) is 36.5 Å². The van der Waals surface area contributed by atoms with E-state index >= 15 is 0 Å². The quantitative estimate of drug-likeness (QED) is 0.669. The normalized spacial score (nSPS) is 12.4. The van der Waals surface area contributed by atoms with Crippen LogP contribution in [0.5, 0.6) is 0 Å². The molecule has 0 aliphatic carbocycles. The molecule has 21 heavy (non-hydrogen) atoms. The van der Waals surface area contributed by atoms with Gasteiger partial charge in [0.25, 0.3) is 0 Å². The number of carbonyl (C=O) groups excluding carboxylic acids is 1. The summed E-state index contributed by atoms with van der Waals surface area (Å²) in [7, 11) is 0. The fourth-order valence-electron chi connectivity index (χ4n) is 2.35. The molecule has 0 spiro atoms. The Morgan fingerprint density at radius 1 is 1.29 bits per heavy atom. The van der Waals surface area contributed by atoms with E-state index in [9.17, 15) is 4.79 Å². The third kappa shape index (κ3) is 2.98. The zero-order chi connectivity index (χ0) is 14.7. The van der Waals surface area contributed by atoms with Gasteiger partial charge in [0.05, 0.1) is 18.8 Å². The first kappa shape index (κ1) is 13.5. The molecular formula is C16H17N3O2. The third-order valence-corrected chi connectivity index (χ3v) is 3.47. The second-order valence-electron chi connectivity index (χ2n) is 4.97. The van der Waals surface area contributed by atoms with Gasteiger partial charge in [-0.25, -0.2) is 0 Å². The lowest BCUT2D eigenvalue weighted by atomic mass is 10.1. The summed E-state index contributed by atoms with van der Waals surface area (Å²) >= 11 is 0. The minimum Gasteiger partial charge on any atom is -0.467 e. The molecule has 0 saturated heterocycles. The molecular weight excluding hydrogens is 266 g/mol. The first-order valence-corrected chi connectivity index (χ1v) is 6.84. The second kappa shape index (κ2) is 5.85.